The van der Waals surface area contributed by atoms with Gasteiger partial charge in [-0.1, -0.05) is 0 Å². The number of hydrogen-bond donors (Lipinski definition) is 0. The molecule has 0 atom stereocenters. The maximum atomic E-state index is 11.3. The average Bonchev–Trinajstić information content (AvgIpc) is 2.20. The molecule has 1 aliphatic rings. The van der Waals surface area contributed by atoms with Gasteiger partial charge in [0.1, 0.15) is 0 Å². The second-order valence-corrected chi connectivity index (χ2v) is 4.79. The van der Waals surface area contributed by atoms with E-state index in [0.717, 1.165) is 39.1 Å². The summed E-state index contributed by atoms with van der Waals surface area (Å²) in [5.74, 6) is -0.0656. The van der Waals surface area contributed by atoms with E-state index in [1.807, 2.05) is 13.8 Å². The van der Waals surface area contributed by atoms with Crippen molar-refractivity contribution in [3.63, 3.8) is 0 Å². The van der Waals surface area contributed by atoms with Gasteiger partial charge in [-0.3, -0.25) is 4.79 Å². The molecule has 0 spiro atoms. The maximum Gasteiger partial charge on any atom is 0.306 e. The van der Waals surface area contributed by atoms with Crippen molar-refractivity contribution in [1.82, 2.24) is 9.80 Å². The molecule has 94 valence electrons. The van der Waals surface area contributed by atoms with Crippen molar-refractivity contribution in [2.45, 2.75) is 32.8 Å². The zero-order valence-electron chi connectivity index (χ0n) is 10.7. The van der Waals surface area contributed by atoms with Crippen LogP contribution in [0.2, 0.25) is 0 Å². The first-order valence-corrected chi connectivity index (χ1v) is 6.18. The Kier molecular flexibility index (Phi) is 5.77. The lowest BCUT2D eigenvalue weighted by Gasteiger charge is -2.32. The van der Waals surface area contributed by atoms with E-state index >= 15 is 0 Å². The zero-order valence-corrected chi connectivity index (χ0v) is 10.7. The molecule has 0 aromatic heterocycles. The molecule has 4 nitrogen and oxygen atoms in total. The van der Waals surface area contributed by atoms with Crippen molar-refractivity contribution in [3.05, 3.63) is 0 Å². The molecule has 0 saturated carbocycles. The van der Waals surface area contributed by atoms with Crippen LogP contribution in [0.4, 0.5) is 0 Å². The highest BCUT2D eigenvalue weighted by molar-refractivity contribution is 5.69. The topological polar surface area (TPSA) is 32.8 Å². The van der Waals surface area contributed by atoms with Crippen LogP contribution in [0.5, 0.6) is 0 Å². The molecule has 1 saturated heterocycles. The van der Waals surface area contributed by atoms with E-state index in [1.54, 1.807) is 0 Å². The summed E-state index contributed by atoms with van der Waals surface area (Å²) < 4.78 is 5.09. The van der Waals surface area contributed by atoms with Crippen LogP contribution in [0.3, 0.4) is 0 Å². The normalized spacial score (nSPS) is 19.0. The predicted molar refractivity (Wildman–Crippen MR) is 64.4 cm³/mol. The number of hydrogen-bond acceptors (Lipinski definition) is 4. The molecule has 0 aromatic carbocycles. The molecule has 0 aliphatic carbocycles. The highest BCUT2D eigenvalue weighted by Gasteiger charge is 2.13. The molecule has 0 unspecified atom stereocenters. The summed E-state index contributed by atoms with van der Waals surface area (Å²) in [6.45, 7) is 9.30. The molecular weight excluding hydrogens is 204 g/mol. The van der Waals surface area contributed by atoms with Gasteiger partial charge in [-0.05, 0) is 33.9 Å². The molecular formula is C12H24N2O2. The predicted octanol–water partition coefficient (Wildman–Crippen LogP) is 0.966. The second-order valence-electron chi connectivity index (χ2n) is 4.79. The molecule has 0 aromatic rings. The summed E-state index contributed by atoms with van der Waals surface area (Å²) in [5.41, 5.74) is 0. The number of piperazine rings is 1. The minimum Gasteiger partial charge on any atom is -0.463 e. The number of esters is 1. The summed E-state index contributed by atoms with van der Waals surface area (Å²) in [7, 11) is 2.15. The van der Waals surface area contributed by atoms with Crippen LogP contribution in [0, 0.1) is 0 Å². The van der Waals surface area contributed by atoms with Gasteiger partial charge < -0.3 is 14.5 Å². The van der Waals surface area contributed by atoms with Crippen LogP contribution >= 0.6 is 0 Å². The van der Waals surface area contributed by atoms with E-state index < -0.39 is 0 Å². The van der Waals surface area contributed by atoms with Crippen molar-refractivity contribution in [3.8, 4) is 0 Å². The Balaban J connectivity index is 2.04. The Morgan fingerprint density at radius 1 is 1.25 bits per heavy atom. The molecule has 1 heterocycles. The Bertz CT molecular complexity index is 211. The van der Waals surface area contributed by atoms with Crippen molar-refractivity contribution in [1.29, 1.82) is 0 Å². The van der Waals surface area contributed by atoms with E-state index in [0.29, 0.717) is 6.42 Å². The molecule has 4 heteroatoms. The standard InChI is InChI=1S/C12H24N2O2/c1-11(2)16-12(15)5-4-6-14-9-7-13(3)8-10-14/h11H,4-10H2,1-3H3. The van der Waals surface area contributed by atoms with Crippen LogP contribution in [-0.4, -0.2) is 61.6 Å². The molecule has 1 fully saturated rings. The summed E-state index contributed by atoms with van der Waals surface area (Å²) in [6, 6.07) is 0. The summed E-state index contributed by atoms with van der Waals surface area (Å²) in [4.78, 5) is 16.1. The van der Waals surface area contributed by atoms with Gasteiger partial charge in [0.25, 0.3) is 0 Å². The van der Waals surface area contributed by atoms with E-state index in [4.69, 9.17) is 4.74 Å². The molecule has 0 amide bonds. The maximum absolute atomic E-state index is 11.3. The first kappa shape index (κ1) is 13.5. The molecule has 0 radical (unpaired) electrons. The largest absolute Gasteiger partial charge is 0.463 e. The van der Waals surface area contributed by atoms with Crippen LogP contribution in [0.1, 0.15) is 26.7 Å². The molecule has 1 aliphatic heterocycles. The Labute approximate surface area is 98.5 Å². The third-order valence-electron chi connectivity index (χ3n) is 2.82. The fraction of sp³-hybridized carbons (Fsp3) is 0.917. The van der Waals surface area contributed by atoms with Crippen LogP contribution < -0.4 is 0 Å². The lowest BCUT2D eigenvalue weighted by atomic mass is 10.2. The van der Waals surface area contributed by atoms with Crippen molar-refractivity contribution in [2.24, 2.45) is 0 Å². The summed E-state index contributed by atoms with van der Waals surface area (Å²) >= 11 is 0. The smallest absolute Gasteiger partial charge is 0.306 e. The first-order valence-electron chi connectivity index (χ1n) is 6.18. The number of likely N-dealkylation sites (N-methyl/N-ethyl adjacent to an activating group) is 1. The van der Waals surface area contributed by atoms with E-state index in [2.05, 4.69) is 16.8 Å². The highest BCUT2D eigenvalue weighted by Crippen LogP contribution is 2.03. The fourth-order valence-electron chi connectivity index (χ4n) is 1.84. The van der Waals surface area contributed by atoms with Gasteiger partial charge in [0.2, 0.25) is 0 Å². The SMILES string of the molecule is CC(C)OC(=O)CCCN1CCN(C)CC1. The Hall–Kier alpha value is -0.610. The highest BCUT2D eigenvalue weighted by atomic mass is 16.5. The molecule has 0 bridgehead atoms. The van der Waals surface area contributed by atoms with Gasteiger partial charge in [0.05, 0.1) is 6.10 Å². The van der Waals surface area contributed by atoms with Crippen molar-refractivity contribution < 1.29 is 9.53 Å². The van der Waals surface area contributed by atoms with Crippen molar-refractivity contribution >= 4 is 5.97 Å². The van der Waals surface area contributed by atoms with Gasteiger partial charge in [0.15, 0.2) is 0 Å². The third kappa shape index (κ3) is 5.47. The molecule has 16 heavy (non-hydrogen) atoms. The van der Waals surface area contributed by atoms with Crippen molar-refractivity contribution in [2.75, 3.05) is 39.8 Å². The third-order valence-corrected chi connectivity index (χ3v) is 2.82. The molecule has 1 rings (SSSR count). The summed E-state index contributed by atoms with van der Waals surface area (Å²) in [5, 5.41) is 0. The Morgan fingerprint density at radius 2 is 1.88 bits per heavy atom. The number of nitrogens with zero attached hydrogens (tertiary/aromatic N) is 2. The van der Waals surface area contributed by atoms with E-state index in [-0.39, 0.29) is 12.1 Å². The number of carbonyl (C=O) groups excluding carboxylic acids is 1. The fourth-order valence-corrected chi connectivity index (χ4v) is 1.84. The average molecular weight is 228 g/mol. The van der Waals surface area contributed by atoms with Crippen LogP contribution in [-0.2, 0) is 9.53 Å². The number of carbonyl (C=O) groups is 1. The lowest BCUT2D eigenvalue weighted by molar-refractivity contribution is -0.147. The Morgan fingerprint density at radius 3 is 2.44 bits per heavy atom. The van der Waals surface area contributed by atoms with Crippen LogP contribution in [0.15, 0.2) is 0 Å². The van der Waals surface area contributed by atoms with Gasteiger partial charge in [0, 0.05) is 32.6 Å². The van der Waals surface area contributed by atoms with E-state index in [1.165, 1.54) is 0 Å². The lowest BCUT2D eigenvalue weighted by Crippen LogP contribution is -2.44. The van der Waals surface area contributed by atoms with Gasteiger partial charge in [-0.2, -0.15) is 0 Å². The van der Waals surface area contributed by atoms with Gasteiger partial charge in [-0.25, -0.2) is 0 Å². The number of ether oxygens (including phenoxy) is 1. The second kappa shape index (κ2) is 6.86. The zero-order chi connectivity index (χ0) is 12.0. The minimum absolute atomic E-state index is 0.0103. The van der Waals surface area contributed by atoms with E-state index in [9.17, 15) is 4.79 Å². The monoisotopic (exact) mass is 228 g/mol. The number of rotatable bonds is 5. The summed E-state index contributed by atoms with van der Waals surface area (Å²) in [6.07, 6.45) is 1.47. The molecule has 0 N–H and O–H groups in total. The minimum atomic E-state index is -0.0656. The quantitative estimate of drug-likeness (QED) is 0.656. The first-order chi connectivity index (χ1) is 7.58. The van der Waals surface area contributed by atoms with Gasteiger partial charge >= 0.3 is 5.97 Å². The van der Waals surface area contributed by atoms with Crippen LogP contribution in [0.25, 0.3) is 0 Å². The van der Waals surface area contributed by atoms with Gasteiger partial charge in [-0.15, -0.1) is 0 Å².